The maximum Gasteiger partial charge on any atom is 0.337 e. The van der Waals surface area contributed by atoms with Crippen LogP contribution >= 0.6 is 45.2 Å². The molecule has 0 aliphatic heterocycles. The SMILES string of the molecule is COC(=O)c1cc(I)c(I)c(C#N)c1. The summed E-state index contributed by atoms with van der Waals surface area (Å²) in [5, 5.41) is 8.81. The zero-order valence-electron chi connectivity index (χ0n) is 7.17. The highest BCUT2D eigenvalue weighted by molar-refractivity contribution is 14.1. The summed E-state index contributed by atoms with van der Waals surface area (Å²) < 4.78 is 6.31. The molecule has 0 aliphatic carbocycles. The van der Waals surface area contributed by atoms with Crippen LogP contribution in [-0.2, 0) is 4.74 Å². The lowest BCUT2D eigenvalue weighted by atomic mass is 10.1. The molecule has 0 saturated heterocycles. The number of carbonyl (C=O) groups excluding carboxylic acids is 1. The van der Waals surface area contributed by atoms with Gasteiger partial charge in [-0.2, -0.15) is 5.26 Å². The van der Waals surface area contributed by atoms with Gasteiger partial charge >= 0.3 is 5.97 Å². The highest BCUT2D eigenvalue weighted by Crippen LogP contribution is 2.21. The molecule has 0 saturated carbocycles. The number of benzene rings is 1. The molecule has 1 rings (SSSR count). The fourth-order valence-corrected chi connectivity index (χ4v) is 1.96. The van der Waals surface area contributed by atoms with Crippen LogP contribution in [0.3, 0.4) is 0 Å². The quantitative estimate of drug-likeness (QED) is 0.526. The number of methoxy groups -OCH3 is 1. The Morgan fingerprint density at radius 2 is 2.14 bits per heavy atom. The van der Waals surface area contributed by atoms with Gasteiger partial charge in [0.05, 0.1) is 18.2 Å². The van der Waals surface area contributed by atoms with Crippen LogP contribution in [0.1, 0.15) is 15.9 Å². The van der Waals surface area contributed by atoms with E-state index in [2.05, 4.69) is 49.9 Å². The predicted octanol–water partition coefficient (Wildman–Crippen LogP) is 2.55. The lowest BCUT2D eigenvalue weighted by Gasteiger charge is -2.03. The second kappa shape index (κ2) is 4.93. The Morgan fingerprint density at radius 1 is 1.50 bits per heavy atom. The molecule has 14 heavy (non-hydrogen) atoms. The van der Waals surface area contributed by atoms with Gasteiger partial charge in [-0.05, 0) is 57.3 Å². The van der Waals surface area contributed by atoms with Gasteiger partial charge in [0.2, 0.25) is 0 Å². The third-order valence-electron chi connectivity index (χ3n) is 1.57. The van der Waals surface area contributed by atoms with Crippen LogP contribution in [0.5, 0.6) is 0 Å². The zero-order valence-corrected chi connectivity index (χ0v) is 11.5. The van der Waals surface area contributed by atoms with Crippen molar-refractivity contribution in [2.75, 3.05) is 7.11 Å². The number of hydrogen-bond donors (Lipinski definition) is 0. The molecule has 72 valence electrons. The Morgan fingerprint density at radius 3 is 2.64 bits per heavy atom. The molecule has 0 aliphatic rings. The van der Waals surface area contributed by atoms with E-state index in [-0.39, 0.29) is 0 Å². The first kappa shape index (κ1) is 11.7. The number of nitriles is 1. The van der Waals surface area contributed by atoms with E-state index in [1.807, 2.05) is 6.07 Å². The molecule has 0 N–H and O–H groups in total. The molecule has 0 heterocycles. The fraction of sp³-hybridized carbons (Fsp3) is 0.111. The number of ether oxygens (including phenoxy) is 1. The minimum Gasteiger partial charge on any atom is -0.465 e. The third kappa shape index (κ3) is 2.36. The second-order valence-electron chi connectivity index (χ2n) is 2.42. The van der Waals surface area contributed by atoms with E-state index >= 15 is 0 Å². The second-order valence-corrected chi connectivity index (χ2v) is 4.66. The number of carbonyl (C=O) groups is 1. The van der Waals surface area contributed by atoms with Gasteiger partial charge in [-0.25, -0.2) is 4.79 Å². The Kier molecular flexibility index (Phi) is 4.12. The molecule has 0 unspecified atom stereocenters. The van der Waals surface area contributed by atoms with Crippen molar-refractivity contribution in [3.8, 4) is 6.07 Å². The first-order chi connectivity index (χ1) is 6.60. The molecule has 0 bridgehead atoms. The van der Waals surface area contributed by atoms with Crippen molar-refractivity contribution >= 4 is 51.2 Å². The Hall–Kier alpha value is -0.360. The van der Waals surface area contributed by atoms with Crippen molar-refractivity contribution in [1.29, 1.82) is 5.26 Å². The first-order valence-corrected chi connectivity index (χ1v) is 5.73. The highest BCUT2D eigenvalue weighted by atomic mass is 127. The van der Waals surface area contributed by atoms with Gasteiger partial charge < -0.3 is 4.74 Å². The smallest absolute Gasteiger partial charge is 0.337 e. The molecular formula is C9H5I2NO2. The molecule has 0 atom stereocenters. The number of hydrogen-bond acceptors (Lipinski definition) is 3. The summed E-state index contributed by atoms with van der Waals surface area (Å²) in [6.45, 7) is 0. The van der Waals surface area contributed by atoms with Crippen molar-refractivity contribution in [2.45, 2.75) is 0 Å². The van der Waals surface area contributed by atoms with E-state index in [1.165, 1.54) is 13.2 Å². The van der Waals surface area contributed by atoms with Crippen LogP contribution in [0, 0.1) is 18.5 Å². The van der Waals surface area contributed by atoms with Gasteiger partial charge in [0, 0.05) is 7.14 Å². The summed E-state index contributed by atoms with van der Waals surface area (Å²) in [4.78, 5) is 11.2. The highest BCUT2D eigenvalue weighted by Gasteiger charge is 2.11. The molecule has 0 amide bonds. The van der Waals surface area contributed by atoms with Crippen LogP contribution in [0.4, 0.5) is 0 Å². The average molecular weight is 413 g/mol. The summed E-state index contributed by atoms with van der Waals surface area (Å²) in [5.41, 5.74) is 0.909. The van der Waals surface area contributed by atoms with E-state index in [1.54, 1.807) is 6.07 Å². The molecule has 3 nitrogen and oxygen atoms in total. The zero-order chi connectivity index (χ0) is 10.7. The van der Waals surface area contributed by atoms with Crippen molar-refractivity contribution in [3.63, 3.8) is 0 Å². The molecule has 0 fully saturated rings. The molecule has 1 aromatic carbocycles. The largest absolute Gasteiger partial charge is 0.465 e. The summed E-state index contributed by atoms with van der Waals surface area (Å²) in [6.07, 6.45) is 0. The topological polar surface area (TPSA) is 50.1 Å². The molecule has 0 aromatic heterocycles. The van der Waals surface area contributed by atoms with Crippen LogP contribution in [0.2, 0.25) is 0 Å². The van der Waals surface area contributed by atoms with Crippen LogP contribution in [0.15, 0.2) is 12.1 Å². The summed E-state index contributed by atoms with van der Waals surface area (Å²) in [6, 6.07) is 5.28. The lowest BCUT2D eigenvalue weighted by Crippen LogP contribution is -2.03. The lowest BCUT2D eigenvalue weighted by molar-refractivity contribution is 0.0600. The Labute approximate surface area is 109 Å². The minimum absolute atomic E-state index is 0.411. The van der Waals surface area contributed by atoms with Crippen LogP contribution in [0.25, 0.3) is 0 Å². The fourth-order valence-electron chi connectivity index (χ4n) is 0.906. The monoisotopic (exact) mass is 413 g/mol. The summed E-state index contributed by atoms with van der Waals surface area (Å²) in [7, 11) is 1.32. The van der Waals surface area contributed by atoms with Crippen molar-refractivity contribution in [3.05, 3.63) is 30.4 Å². The minimum atomic E-state index is -0.421. The van der Waals surface area contributed by atoms with Crippen molar-refractivity contribution in [2.24, 2.45) is 0 Å². The van der Waals surface area contributed by atoms with E-state index < -0.39 is 5.97 Å². The van der Waals surface area contributed by atoms with Gasteiger partial charge in [0.1, 0.15) is 6.07 Å². The van der Waals surface area contributed by atoms with Crippen molar-refractivity contribution in [1.82, 2.24) is 0 Å². The maximum atomic E-state index is 11.2. The average Bonchev–Trinajstić information content (AvgIpc) is 2.20. The number of esters is 1. The van der Waals surface area contributed by atoms with Crippen LogP contribution < -0.4 is 0 Å². The maximum absolute atomic E-state index is 11.2. The number of nitrogens with zero attached hydrogens (tertiary/aromatic N) is 1. The van der Waals surface area contributed by atoms with Crippen LogP contribution in [-0.4, -0.2) is 13.1 Å². The summed E-state index contributed by atoms with van der Waals surface area (Å²) >= 11 is 4.16. The van der Waals surface area contributed by atoms with Gasteiger partial charge in [0.25, 0.3) is 0 Å². The van der Waals surface area contributed by atoms with E-state index in [9.17, 15) is 4.79 Å². The number of halogens is 2. The Balaban J connectivity index is 3.32. The van der Waals surface area contributed by atoms with Gasteiger partial charge in [-0.1, -0.05) is 0 Å². The van der Waals surface area contributed by atoms with Gasteiger partial charge in [0.15, 0.2) is 0 Å². The molecule has 5 heteroatoms. The predicted molar refractivity (Wildman–Crippen MR) is 67.9 cm³/mol. The molecule has 0 radical (unpaired) electrons. The van der Waals surface area contributed by atoms with E-state index in [4.69, 9.17) is 5.26 Å². The summed E-state index contributed by atoms with van der Waals surface area (Å²) in [5.74, 6) is -0.421. The van der Waals surface area contributed by atoms with Crippen molar-refractivity contribution < 1.29 is 9.53 Å². The van der Waals surface area contributed by atoms with E-state index in [0.29, 0.717) is 11.1 Å². The normalized spacial score (nSPS) is 9.29. The van der Waals surface area contributed by atoms with E-state index in [0.717, 1.165) is 7.14 Å². The van der Waals surface area contributed by atoms with Gasteiger partial charge in [-0.15, -0.1) is 0 Å². The molecule has 1 aromatic rings. The Bertz CT molecular complexity index is 424. The molecule has 0 spiro atoms. The standard InChI is InChI=1S/C9H5I2NO2/c1-14-9(13)5-2-6(4-12)8(11)7(10)3-5/h2-3H,1H3. The molecular weight excluding hydrogens is 408 g/mol. The van der Waals surface area contributed by atoms with Gasteiger partial charge in [-0.3, -0.25) is 0 Å². The third-order valence-corrected chi connectivity index (χ3v) is 4.61. The number of rotatable bonds is 1. The first-order valence-electron chi connectivity index (χ1n) is 3.57.